The molecule has 0 atom stereocenters. The van der Waals surface area contributed by atoms with Crippen LogP contribution in [-0.4, -0.2) is 270 Å². The third kappa shape index (κ3) is 1880. The van der Waals surface area contributed by atoms with E-state index in [-0.39, 0.29) is 270 Å². The summed E-state index contributed by atoms with van der Waals surface area (Å²) in [6.45, 7) is 0. The minimum atomic E-state index is -5.39. The maximum atomic E-state index is 8.55. The van der Waals surface area contributed by atoms with E-state index in [1.807, 2.05) is 0 Å². The van der Waals surface area contributed by atoms with E-state index in [0.29, 0.717) is 0 Å². The zero-order valence-electron chi connectivity index (χ0n) is 19.8. The van der Waals surface area contributed by atoms with Gasteiger partial charge in [-0.3, -0.25) is 0 Å². The molecule has 0 saturated heterocycles. The van der Waals surface area contributed by atoms with Crippen LogP contribution in [0.1, 0.15) is 0 Å². The second-order valence-corrected chi connectivity index (χ2v) is 6.71. The molecule has 29 nitrogen and oxygen atoms in total. The molecule has 0 amide bonds. The zero-order chi connectivity index (χ0) is 22.5. The molecular weight excluding hydrogens is 887 g/mol. The second-order valence-electron chi connectivity index (χ2n) is 2.24. The molecule has 42 heteroatoms. The molecule has 42 heavy (non-hydrogen) atoms. The van der Waals surface area contributed by atoms with Crippen LogP contribution in [0.3, 0.4) is 0 Å². The van der Waals surface area contributed by atoms with Crippen molar-refractivity contribution in [1.82, 2.24) is 0 Å². The van der Waals surface area contributed by atoms with Gasteiger partial charge in [-0.2, -0.15) is 39.1 Å². The van der Waals surface area contributed by atoms with Gasteiger partial charge in [-0.25, -0.2) is 0 Å². The smallest absolute Gasteiger partial charge is 0.870 e. The molecule has 0 radical (unpaired) electrons. The van der Waals surface area contributed by atoms with Crippen molar-refractivity contribution in [3.05, 3.63) is 0 Å². The van der Waals surface area contributed by atoms with Crippen molar-refractivity contribution >= 4 is 260 Å². The molecule has 0 heterocycles. The average molecular weight is 900 g/mol. The Morgan fingerprint density at radius 3 is 0.238 bits per heavy atom. The first kappa shape index (κ1) is 154. The standard InChI is InChI=1S/4Al.4Ca.5H3O4P.9H2O/c;;;;;;;;5*1-5(2,3)4;;;;;;;;;/h;;;;;;;;5*(H3,1,2,3,4);9*1H2/q4*+3;4*+2;;;;;;;;;;;;;;/p-20. The summed E-state index contributed by atoms with van der Waals surface area (Å²) in [5.41, 5.74) is 0. The number of hydrogen-bond donors (Lipinski definition) is 0. The van der Waals surface area contributed by atoms with Gasteiger partial charge >= 0.3 is 220 Å². The van der Waals surface area contributed by atoms with Gasteiger partial charge in [-0.1, -0.05) is 0 Å². The summed E-state index contributed by atoms with van der Waals surface area (Å²) in [5.74, 6) is 0. The molecule has 0 aromatic carbocycles. The van der Waals surface area contributed by atoms with Gasteiger partial charge in [0.2, 0.25) is 0 Å². The van der Waals surface area contributed by atoms with Crippen molar-refractivity contribution in [2.45, 2.75) is 0 Å². The van der Waals surface area contributed by atoms with Gasteiger partial charge in [0, 0.05) is 0 Å². The van der Waals surface area contributed by atoms with Crippen LogP contribution in [0.5, 0.6) is 0 Å². The van der Waals surface area contributed by atoms with E-state index in [1.54, 1.807) is 0 Å². The van der Waals surface area contributed by atoms with Crippen molar-refractivity contribution < 1.29 is 146 Å². The van der Waals surface area contributed by atoms with Crippen LogP contribution in [0, 0.1) is 0 Å². The Morgan fingerprint density at radius 2 is 0.238 bits per heavy atom. The van der Waals surface area contributed by atoms with Crippen molar-refractivity contribution in [3.63, 3.8) is 0 Å². The monoisotopic (exact) mass is 900 g/mol. The molecule has 0 aliphatic rings. The van der Waals surface area contributed by atoms with Gasteiger partial charge in [0.05, 0.1) is 0 Å². The summed E-state index contributed by atoms with van der Waals surface area (Å²) in [5, 5.41) is 0. The molecule has 0 aromatic heterocycles. The molecule has 0 aliphatic heterocycles. The summed E-state index contributed by atoms with van der Waals surface area (Å²) < 4.78 is 42.7. The molecule has 0 rings (SSSR count). The van der Waals surface area contributed by atoms with Gasteiger partial charge in [-0.05, 0) is 0 Å². The van der Waals surface area contributed by atoms with E-state index in [4.69, 9.17) is 96.2 Å². The minimum absolute atomic E-state index is 0. The number of hydrogen-bond acceptors (Lipinski definition) is 25. The molecule has 0 spiro atoms. The van der Waals surface area contributed by atoms with Gasteiger partial charge in [0.25, 0.3) is 0 Å². The van der Waals surface area contributed by atoms with Crippen molar-refractivity contribution in [3.8, 4) is 0 Å². The van der Waals surface area contributed by atoms with Crippen LogP contribution in [0.25, 0.3) is 0 Å². The van der Waals surface area contributed by atoms with Crippen molar-refractivity contribution in [1.29, 1.82) is 0 Å². The van der Waals surface area contributed by atoms with Gasteiger partial charge in [0.15, 0.2) is 0 Å². The van der Waals surface area contributed by atoms with Crippen LogP contribution in [0.15, 0.2) is 0 Å². The first-order valence-electron chi connectivity index (χ1n) is 3.65. The quantitative estimate of drug-likeness (QED) is 0.161. The van der Waals surface area contributed by atoms with Crippen LogP contribution in [0.4, 0.5) is 0 Å². The Hall–Kier alpha value is 7.36. The number of phosphoric acid groups is 5. The third-order valence-electron chi connectivity index (χ3n) is 0. The first-order valence-corrected chi connectivity index (χ1v) is 11.0. The summed E-state index contributed by atoms with van der Waals surface area (Å²) in [4.78, 5) is 128. The minimum Gasteiger partial charge on any atom is -0.870 e. The summed E-state index contributed by atoms with van der Waals surface area (Å²) in [6, 6.07) is 0. The predicted molar refractivity (Wildman–Crippen MR) is 108 cm³/mol. The fourth-order valence-electron chi connectivity index (χ4n) is 0. The van der Waals surface area contributed by atoms with E-state index >= 15 is 0 Å². The third-order valence-corrected chi connectivity index (χ3v) is 0. The second kappa shape index (κ2) is 77.7. The van der Waals surface area contributed by atoms with E-state index in [1.165, 1.54) is 0 Å². The normalized spacial score (nSPS) is 7.02. The molecule has 0 unspecified atom stereocenters. The Balaban J connectivity index is -0.00000000541. The maximum Gasteiger partial charge on any atom is 3.00 e. The van der Waals surface area contributed by atoms with E-state index < -0.39 is 39.1 Å². The fraction of sp³-hybridized carbons (Fsp3) is 0. The summed E-state index contributed by atoms with van der Waals surface area (Å²) in [7, 11) is -26.9. The zero-order valence-corrected chi connectivity index (χ0v) is 37.7. The predicted octanol–water partition coefficient (Wildman–Crippen LogP) is -21.4. The summed E-state index contributed by atoms with van der Waals surface area (Å²) in [6.07, 6.45) is 0. The molecule has 0 bridgehead atoms. The van der Waals surface area contributed by atoms with Crippen LogP contribution in [-0.2, 0) is 22.8 Å². The van der Waals surface area contributed by atoms with Gasteiger partial charge < -0.3 is 146 Å². The molecule has 0 fully saturated rings. The maximum absolute atomic E-state index is 8.55. The summed E-state index contributed by atoms with van der Waals surface area (Å²) >= 11 is 0. The van der Waals surface area contributed by atoms with Crippen molar-refractivity contribution in [2.24, 2.45) is 0 Å². The molecule has 13 N–H and O–H groups in total. The Morgan fingerprint density at radius 1 is 0.238 bits per heavy atom. The van der Waals surface area contributed by atoms with Crippen LogP contribution >= 0.6 is 39.1 Å². The first-order chi connectivity index (χ1) is 10.0. The molecule has 0 aromatic rings. The topological polar surface area (TPSA) is 707 Å². The number of rotatable bonds is 0. The van der Waals surface area contributed by atoms with Gasteiger partial charge in [-0.15, -0.1) is 0 Å². The van der Waals surface area contributed by atoms with E-state index in [2.05, 4.69) is 0 Å². The molecule has 0 aliphatic carbocycles. The Kier molecular flexibility index (Phi) is 285. The van der Waals surface area contributed by atoms with E-state index in [0.717, 1.165) is 0 Å². The molecule has 0 saturated carbocycles. The van der Waals surface area contributed by atoms with Crippen LogP contribution < -0.4 is 73.4 Å². The van der Waals surface area contributed by atoms with Gasteiger partial charge in [0.1, 0.15) is 0 Å². The SMILES string of the molecule is O.O.O.O.O=P([O-])([O-])[O-].O=P([O-])([O-])[O-].O=P([O-])([O-])[O-].O=P([O-])([O-])[O-].O=P([O-])([O-])[O-].[Al+3].[Al+3].[Al+3].[Al+3].[Ca+2].[Ca+2].[Ca+2].[Ca+2].[OH-].[OH-].[OH-].[OH-].[OH-]. The van der Waals surface area contributed by atoms with Crippen molar-refractivity contribution in [2.75, 3.05) is 0 Å². The average Bonchev–Trinajstić information content (AvgIpc) is 1.79. The molecular formula is H13Al4Ca4O29P5. The Labute approximate surface area is 397 Å². The Bertz CT molecular complexity index is 405. The molecule has 232 valence electrons. The largest absolute Gasteiger partial charge is 3.00 e. The van der Waals surface area contributed by atoms with Crippen LogP contribution in [0.2, 0.25) is 0 Å². The van der Waals surface area contributed by atoms with E-state index in [9.17, 15) is 0 Å². The fourth-order valence-corrected chi connectivity index (χ4v) is 0.